The van der Waals surface area contributed by atoms with Gasteiger partial charge in [0.2, 0.25) is 0 Å². The Bertz CT molecular complexity index is 1050. The molecule has 7 nitrogen and oxygen atoms in total. The number of Topliss-reactive ketones (excluding diaryl/α,β-unsaturated/α-hetero) is 2. The fourth-order valence-corrected chi connectivity index (χ4v) is 5.10. The zero-order valence-electron chi connectivity index (χ0n) is 14.3. The zero-order chi connectivity index (χ0) is 19.7. The molecular formula is C17H17NO6S2. The quantitative estimate of drug-likeness (QED) is 0.749. The smallest absolute Gasteiger partial charge is 0.253 e. The molecule has 2 aromatic carbocycles. The fourth-order valence-electron chi connectivity index (χ4n) is 2.12. The van der Waals surface area contributed by atoms with Crippen LogP contribution in [0.5, 0.6) is 0 Å². The van der Waals surface area contributed by atoms with E-state index < -0.39 is 36.5 Å². The first-order chi connectivity index (χ1) is 11.9. The molecule has 0 aromatic heterocycles. The Morgan fingerprint density at radius 2 is 1.15 bits per heavy atom. The summed E-state index contributed by atoms with van der Waals surface area (Å²) in [7, 11) is -8.89. The molecule has 9 heteroatoms. The van der Waals surface area contributed by atoms with Crippen molar-refractivity contribution in [3.63, 3.8) is 0 Å². The van der Waals surface area contributed by atoms with Gasteiger partial charge in [0.25, 0.3) is 20.0 Å². The highest BCUT2D eigenvalue weighted by molar-refractivity contribution is 8.04. The van der Waals surface area contributed by atoms with Crippen molar-refractivity contribution in [1.82, 2.24) is 4.13 Å². The van der Waals surface area contributed by atoms with E-state index >= 15 is 0 Å². The molecule has 0 amide bonds. The van der Waals surface area contributed by atoms with Crippen LogP contribution in [-0.4, -0.2) is 28.4 Å². The van der Waals surface area contributed by atoms with Gasteiger partial charge in [0.1, 0.15) is 0 Å². The van der Waals surface area contributed by atoms with Crippen molar-refractivity contribution < 1.29 is 26.4 Å². The summed E-state index contributed by atoms with van der Waals surface area (Å²) in [4.78, 5) is 22.5. The van der Waals surface area contributed by atoms with Crippen LogP contribution in [-0.2, 0) is 20.0 Å². The second-order valence-corrected chi connectivity index (χ2v) is 9.38. The van der Waals surface area contributed by atoms with Crippen LogP contribution < -0.4 is 4.13 Å². The lowest BCUT2D eigenvalue weighted by Crippen LogP contribution is -2.31. The number of benzene rings is 2. The van der Waals surface area contributed by atoms with Gasteiger partial charge in [-0.2, -0.15) is 0 Å². The molecule has 0 fully saturated rings. The summed E-state index contributed by atoms with van der Waals surface area (Å²) >= 11 is 0. The highest BCUT2D eigenvalue weighted by Gasteiger charge is 2.26. The van der Waals surface area contributed by atoms with Crippen molar-refractivity contribution in [2.75, 3.05) is 0 Å². The Balaban J connectivity index is 2.52. The van der Waals surface area contributed by atoms with E-state index in [4.69, 9.17) is 0 Å². The van der Waals surface area contributed by atoms with Gasteiger partial charge in [-0.1, -0.05) is 17.7 Å². The molecule has 0 aliphatic rings. The SMILES string of the molecule is CC(=O)c1cc(C(C)=O)cc(S(=O)(=O)NS(=O)(=O)c2ccc(C)cc2)c1. The highest BCUT2D eigenvalue weighted by atomic mass is 32.3. The van der Waals surface area contributed by atoms with Gasteiger partial charge in [0.15, 0.2) is 11.6 Å². The number of nitrogens with one attached hydrogen (secondary N) is 1. The third-order valence-electron chi connectivity index (χ3n) is 3.58. The molecular weight excluding hydrogens is 378 g/mol. The van der Waals surface area contributed by atoms with E-state index in [1.54, 1.807) is 11.1 Å². The van der Waals surface area contributed by atoms with Crippen molar-refractivity contribution in [3.05, 3.63) is 59.2 Å². The van der Waals surface area contributed by atoms with Gasteiger partial charge in [0.05, 0.1) is 9.79 Å². The second kappa shape index (κ2) is 7.10. The summed E-state index contributed by atoms with van der Waals surface area (Å²) in [5.41, 5.74) is 0.795. The van der Waals surface area contributed by atoms with Gasteiger partial charge in [-0.25, -0.2) is 16.8 Å². The molecule has 0 saturated heterocycles. The lowest BCUT2D eigenvalue weighted by molar-refractivity contribution is 0.101. The number of hydrogen-bond donors (Lipinski definition) is 1. The molecule has 0 aliphatic carbocycles. The summed E-state index contributed by atoms with van der Waals surface area (Å²) in [5, 5.41) is 0. The van der Waals surface area contributed by atoms with E-state index in [2.05, 4.69) is 0 Å². The van der Waals surface area contributed by atoms with Crippen LogP contribution in [0.2, 0.25) is 0 Å². The van der Waals surface area contributed by atoms with Crippen LogP contribution in [0.15, 0.2) is 52.3 Å². The summed E-state index contributed by atoms with van der Waals surface area (Å²) < 4.78 is 51.4. The van der Waals surface area contributed by atoms with E-state index in [9.17, 15) is 26.4 Å². The van der Waals surface area contributed by atoms with Crippen molar-refractivity contribution in [3.8, 4) is 0 Å². The normalized spacial score (nSPS) is 12.0. The number of rotatable bonds is 6. The lowest BCUT2D eigenvalue weighted by Gasteiger charge is -2.10. The maximum absolute atomic E-state index is 12.5. The summed E-state index contributed by atoms with van der Waals surface area (Å²) in [6.07, 6.45) is 0. The van der Waals surface area contributed by atoms with Crippen LogP contribution in [0.25, 0.3) is 0 Å². The van der Waals surface area contributed by atoms with Crippen molar-refractivity contribution in [2.24, 2.45) is 0 Å². The van der Waals surface area contributed by atoms with Crippen LogP contribution in [0.3, 0.4) is 0 Å². The third-order valence-corrected chi connectivity index (χ3v) is 7.08. The summed E-state index contributed by atoms with van der Waals surface area (Å²) in [5.74, 6) is -0.906. The number of carbonyl (C=O) groups is 2. The first-order valence-electron chi connectivity index (χ1n) is 7.44. The van der Waals surface area contributed by atoms with Crippen LogP contribution in [0.4, 0.5) is 0 Å². The Hall–Kier alpha value is -2.36. The topological polar surface area (TPSA) is 114 Å². The van der Waals surface area contributed by atoms with E-state index in [0.717, 1.165) is 17.7 Å². The van der Waals surface area contributed by atoms with Crippen molar-refractivity contribution in [2.45, 2.75) is 30.6 Å². The lowest BCUT2D eigenvalue weighted by atomic mass is 10.1. The zero-order valence-corrected chi connectivity index (χ0v) is 15.9. The Kier molecular flexibility index (Phi) is 5.45. The molecule has 0 heterocycles. The fraction of sp³-hybridized carbons (Fsp3) is 0.176. The van der Waals surface area contributed by atoms with Gasteiger partial charge >= 0.3 is 0 Å². The van der Waals surface area contributed by atoms with E-state index in [1.807, 2.05) is 0 Å². The van der Waals surface area contributed by atoms with Gasteiger partial charge in [-0.15, -0.1) is 4.13 Å². The minimum Gasteiger partial charge on any atom is -0.295 e. The molecule has 0 spiro atoms. The molecule has 0 atom stereocenters. The number of carbonyl (C=O) groups excluding carboxylic acids is 2. The van der Waals surface area contributed by atoms with E-state index in [-0.39, 0.29) is 16.0 Å². The number of sulfonamides is 2. The van der Waals surface area contributed by atoms with Gasteiger partial charge in [-0.3, -0.25) is 9.59 Å². The monoisotopic (exact) mass is 395 g/mol. The van der Waals surface area contributed by atoms with E-state index in [0.29, 0.717) is 0 Å². The first-order valence-corrected chi connectivity index (χ1v) is 10.4. The molecule has 138 valence electrons. The molecule has 26 heavy (non-hydrogen) atoms. The predicted octanol–water partition coefficient (Wildman–Crippen LogP) is 2.07. The van der Waals surface area contributed by atoms with Crippen molar-refractivity contribution in [1.29, 1.82) is 0 Å². The van der Waals surface area contributed by atoms with E-state index in [1.165, 1.54) is 44.2 Å². The largest absolute Gasteiger partial charge is 0.295 e. The molecule has 0 bridgehead atoms. The van der Waals surface area contributed by atoms with Gasteiger partial charge in [0, 0.05) is 11.1 Å². The molecule has 2 aromatic rings. The predicted molar refractivity (Wildman–Crippen MR) is 95.1 cm³/mol. The third kappa shape index (κ3) is 4.43. The summed E-state index contributed by atoms with van der Waals surface area (Å²) in [6, 6.07) is 8.94. The Labute approximate surface area is 152 Å². The molecule has 0 radical (unpaired) electrons. The molecule has 2 rings (SSSR count). The van der Waals surface area contributed by atoms with Crippen LogP contribution in [0.1, 0.15) is 40.1 Å². The Morgan fingerprint density at radius 1 is 0.731 bits per heavy atom. The standard InChI is InChI=1S/C17H17NO6S2/c1-11-4-6-16(7-5-11)25(21,22)18-26(23,24)17-9-14(12(2)19)8-15(10-17)13(3)20/h4-10,18H,1-3H3. The summed E-state index contributed by atoms with van der Waals surface area (Å²) in [6.45, 7) is 4.19. The highest BCUT2D eigenvalue weighted by Crippen LogP contribution is 2.19. The van der Waals surface area contributed by atoms with Crippen LogP contribution >= 0.6 is 0 Å². The Morgan fingerprint density at radius 3 is 1.58 bits per heavy atom. The average Bonchev–Trinajstić information content (AvgIpc) is 2.53. The van der Waals surface area contributed by atoms with Crippen molar-refractivity contribution >= 4 is 31.6 Å². The maximum Gasteiger partial charge on any atom is 0.253 e. The molecule has 0 aliphatic heterocycles. The second-order valence-electron chi connectivity index (χ2n) is 5.76. The van der Waals surface area contributed by atoms with Gasteiger partial charge in [-0.05, 0) is 51.1 Å². The molecule has 0 unspecified atom stereocenters. The van der Waals surface area contributed by atoms with Gasteiger partial charge < -0.3 is 0 Å². The molecule has 0 saturated carbocycles. The first kappa shape index (κ1) is 20.0. The number of aryl methyl sites for hydroxylation is 1. The number of hydrogen-bond acceptors (Lipinski definition) is 6. The minimum atomic E-state index is -4.53. The van der Waals surface area contributed by atoms with Crippen LogP contribution in [0, 0.1) is 6.92 Å². The average molecular weight is 395 g/mol. The number of ketones is 2. The maximum atomic E-state index is 12.5. The minimum absolute atomic E-state index is 0.00851. The molecule has 1 N–H and O–H groups in total.